The zero-order valence-corrected chi connectivity index (χ0v) is 19.2. The number of fused-ring (bicyclic) bond motifs is 1. The monoisotopic (exact) mass is 478 g/mol. The molecule has 0 unspecified atom stereocenters. The molecule has 1 amide bonds. The molecule has 10 nitrogen and oxygen atoms in total. The van der Waals surface area contributed by atoms with Crippen LogP contribution >= 0.6 is 0 Å². The van der Waals surface area contributed by atoms with Gasteiger partial charge < -0.3 is 19.9 Å². The SMILES string of the molecule is COCCn1c(N)c(N(Cc2ccccc2)C(=O)C=Cc2ccc3c(c2)OCCO3)c(=O)[nH]c1=O. The number of ether oxygens (including phenoxy) is 3. The maximum Gasteiger partial charge on any atom is 0.330 e. The molecule has 0 saturated heterocycles. The summed E-state index contributed by atoms with van der Waals surface area (Å²) >= 11 is 0. The third-order valence-electron chi connectivity index (χ3n) is 5.44. The summed E-state index contributed by atoms with van der Waals surface area (Å²) in [6.07, 6.45) is 2.96. The number of carbonyl (C=O) groups excluding carboxylic acids is 1. The van der Waals surface area contributed by atoms with Crippen LogP contribution in [0.4, 0.5) is 11.5 Å². The smallest absolute Gasteiger partial charge is 0.330 e. The van der Waals surface area contributed by atoms with Crippen molar-refractivity contribution in [3.8, 4) is 11.5 Å². The first-order valence-electron chi connectivity index (χ1n) is 11.0. The van der Waals surface area contributed by atoms with E-state index in [1.54, 1.807) is 24.3 Å². The number of methoxy groups -OCH3 is 1. The fourth-order valence-electron chi connectivity index (χ4n) is 3.70. The van der Waals surface area contributed by atoms with Crippen LogP contribution in [0.1, 0.15) is 11.1 Å². The summed E-state index contributed by atoms with van der Waals surface area (Å²) in [4.78, 5) is 42.1. The first-order valence-corrected chi connectivity index (χ1v) is 11.0. The Kier molecular flexibility index (Phi) is 7.32. The summed E-state index contributed by atoms with van der Waals surface area (Å²) in [6.45, 7) is 1.32. The number of nitrogens with zero attached hydrogens (tertiary/aromatic N) is 2. The number of H-pyrrole nitrogens is 1. The molecule has 1 aliphatic heterocycles. The van der Waals surface area contributed by atoms with Gasteiger partial charge in [-0.3, -0.25) is 24.0 Å². The summed E-state index contributed by atoms with van der Waals surface area (Å²) < 4.78 is 17.3. The van der Waals surface area contributed by atoms with Gasteiger partial charge >= 0.3 is 5.69 Å². The van der Waals surface area contributed by atoms with Crippen molar-refractivity contribution in [1.82, 2.24) is 9.55 Å². The summed E-state index contributed by atoms with van der Waals surface area (Å²) in [5, 5.41) is 0. The Labute approximate surface area is 201 Å². The topological polar surface area (TPSA) is 129 Å². The molecule has 3 aromatic rings. The van der Waals surface area contributed by atoms with Crippen LogP contribution in [0.2, 0.25) is 0 Å². The number of amides is 1. The van der Waals surface area contributed by atoms with Crippen molar-refractivity contribution in [2.75, 3.05) is 37.6 Å². The highest BCUT2D eigenvalue weighted by Gasteiger charge is 2.23. The second-order valence-corrected chi connectivity index (χ2v) is 7.78. The molecule has 182 valence electrons. The average Bonchev–Trinajstić information content (AvgIpc) is 2.87. The zero-order valence-electron chi connectivity index (χ0n) is 19.2. The molecule has 2 heterocycles. The molecule has 2 aromatic carbocycles. The number of aromatic amines is 1. The molecule has 0 bridgehead atoms. The number of aromatic nitrogens is 2. The Morgan fingerprint density at radius 3 is 2.63 bits per heavy atom. The molecule has 4 rings (SSSR count). The van der Waals surface area contributed by atoms with E-state index in [4.69, 9.17) is 19.9 Å². The predicted octanol–water partition coefficient (Wildman–Crippen LogP) is 1.78. The van der Waals surface area contributed by atoms with Crippen molar-refractivity contribution < 1.29 is 19.0 Å². The van der Waals surface area contributed by atoms with Gasteiger partial charge in [0, 0.05) is 13.2 Å². The number of anilines is 2. The lowest BCUT2D eigenvalue weighted by molar-refractivity contribution is -0.114. The number of rotatable bonds is 8. The Morgan fingerprint density at radius 1 is 1.14 bits per heavy atom. The molecule has 0 saturated carbocycles. The normalized spacial score (nSPS) is 12.6. The molecule has 1 aliphatic rings. The van der Waals surface area contributed by atoms with Crippen LogP contribution in [0.5, 0.6) is 11.5 Å². The molecule has 10 heteroatoms. The van der Waals surface area contributed by atoms with Crippen LogP contribution in [0.25, 0.3) is 6.08 Å². The molecule has 1 aromatic heterocycles. The fourth-order valence-corrected chi connectivity index (χ4v) is 3.70. The predicted molar refractivity (Wildman–Crippen MR) is 132 cm³/mol. The minimum Gasteiger partial charge on any atom is -0.486 e. The lowest BCUT2D eigenvalue weighted by Crippen LogP contribution is -2.40. The van der Waals surface area contributed by atoms with Gasteiger partial charge in [0.05, 0.1) is 19.7 Å². The molecule has 3 N–H and O–H groups in total. The summed E-state index contributed by atoms with van der Waals surface area (Å²) in [6, 6.07) is 14.5. The minimum atomic E-state index is -0.752. The van der Waals surface area contributed by atoms with Gasteiger partial charge in [-0.2, -0.15) is 0 Å². The number of nitrogen functional groups attached to an aromatic ring is 1. The van der Waals surface area contributed by atoms with E-state index < -0.39 is 17.2 Å². The number of hydrogen-bond acceptors (Lipinski definition) is 7. The van der Waals surface area contributed by atoms with E-state index >= 15 is 0 Å². The second-order valence-electron chi connectivity index (χ2n) is 7.78. The maximum atomic E-state index is 13.4. The molecule has 0 radical (unpaired) electrons. The molecular weight excluding hydrogens is 452 g/mol. The summed E-state index contributed by atoms with van der Waals surface area (Å²) in [5.41, 5.74) is 6.20. The van der Waals surface area contributed by atoms with Crippen LogP contribution in [-0.2, 0) is 22.6 Å². The van der Waals surface area contributed by atoms with E-state index in [2.05, 4.69) is 4.98 Å². The molecule has 0 atom stereocenters. The van der Waals surface area contributed by atoms with E-state index in [-0.39, 0.29) is 31.2 Å². The van der Waals surface area contributed by atoms with Gasteiger partial charge in [-0.15, -0.1) is 0 Å². The van der Waals surface area contributed by atoms with Crippen molar-refractivity contribution in [2.24, 2.45) is 0 Å². The van der Waals surface area contributed by atoms with Crippen molar-refractivity contribution in [1.29, 1.82) is 0 Å². The maximum absolute atomic E-state index is 13.4. The van der Waals surface area contributed by atoms with Crippen molar-refractivity contribution in [3.63, 3.8) is 0 Å². The van der Waals surface area contributed by atoms with Gasteiger partial charge in [0.15, 0.2) is 17.2 Å². The Hall–Kier alpha value is -4.31. The Morgan fingerprint density at radius 2 is 1.89 bits per heavy atom. The lowest BCUT2D eigenvalue weighted by atomic mass is 10.1. The summed E-state index contributed by atoms with van der Waals surface area (Å²) in [7, 11) is 1.49. The van der Waals surface area contributed by atoms with Gasteiger partial charge in [-0.05, 0) is 29.3 Å². The highest BCUT2D eigenvalue weighted by Crippen LogP contribution is 2.31. The Bertz CT molecular complexity index is 1350. The van der Waals surface area contributed by atoms with Crippen LogP contribution in [0, 0.1) is 0 Å². The standard InChI is InChI=1S/C25H26N4O6/c1-33-12-11-28-23(26)22(24(31)27-25(28)32)29(16-18-5-3-2-4-6-18)21(30)10-8-17-7-9-19-20(15-17)35-14-13-34-19/h2-10,15H,11-14,16,26H2,1H3,(H,27,31,32). The number of benzene rings is 2. The quantitative estimate of drug-likeness (QED) is 0.472. The van der Waals surface area contributed by atoms with Crippen LogP contribution < -0.4 is 31.4 Å². The second kappa shape index (κ2) is 10.7. The van der Waals surface area contributed by atoms with Gasteiger partial charge in [-0.25, -0.2) is 4.79 Å². The number of carbonyl (C=O) groups is 1. The average molecular weight is 479 g/mol. The molecule has 0 fully saturated rings. The van der Waals surface area contributed by atoms with Crippen molar-refractivity contribution >= 4 is 23.5 Å². The van der Waals surface area contributed by atoms with Crippen molar-refractivity contribution in [2.45, 2.75) is 13.1 Å². The highest BCUT2D eigenvalue weighted by atomic mass is 16.6. The lowest BCUT2D eigenvalue weighted by Gasteiger charge is -2.23. The van der Waals surface area contributed by atoms with Crippen LogP contribution in [0.15, 0.2) is 64.2 Å². The van der Waals surface area contributed by atoms with Crippen LogP contribution in [-0.4, -0.2) is 42.4 Å². The third-order valence-corrected chi connectivity index (χ3v) is 5.44. The van der Waals surface area contributed by atoms with E-state index in [0.717, 1.165) is 5.56 Å². The van der Waals surface area contributed by atoms with Gasteiger partial charge in [-0.1, -0.05) is 36.4 Å². The molecule has 35 heavy (non-hydrogen) atoms. The van der Waals surface area contributed by atoms with Crippen LogP contribution in [0.3, 0.4) is 0 Å². The molecular formula is C25H26N4O6. The molecule has 0 aliphatic carbocycles. The number of nitrogens with one attached hydrogen (secondary N) is 1. The summed E-state index contributed by atoms with van der Waals surface area (Å²) in [5.74, 6) is 0.631. The van der Waals surface area contributed by atoms with E-state index in [0.29, 0.717) is 30.3 Å². The zero-order chi connectivity index (χ0) is 24.8. The van der Waals surface area contributed by atoms with E-state index in [1.807, 2.05) is 30.3 Å². The first-order chi connectivity index (χ1) is 17.0. The third kappa shape index (κ3) is 5.44. The van der Waals surface area contributed by atoms with Gasteiger partial charge in [0.2, 0.25) is 0 Å². The van der Waals surface area contributed by atoms with E-state index in [9.17, 15) is 14.4 Å². The van der Waals surface area contributed by atoms with Gasteiger partial charge in [0.1, 0.15) is 19.0 Å². The number of hydrogen-bond donors (Lipinski definition) is 2. The number of nitrogens with two attached hydrogens (primary N) is 1. The van der Waals surface area contributed by atoms with Gasteiger partial charge in [0.25, 0.3) is 11.5 Å². The fraction of sp³-hybridized carbons (Fsp3) is 0.240. The van der Waals surface area contributed by atoms with Crippen molar-refractivity contribution in [3.05, 3.63) is 86.6 Å². The van der Waals surface area contributed by atoms with E-state index in [1.165, 1.54) is 22.7 Å². The minimum absolute atomic E-state index is 0.0704. The first kappa shape index (κ1) is 23.8. The largest absolute Gasteiger partial charge is 0.486 e. The Balaban J connectivity index is 1.71. The molecule has 0 spiro atoms. The highest BCUT2D eigenvalue weighted by molar-refractivity contribution is 6.05.